The van der Waals surface area contributed by atoms with Crippen LogP contribution in [0, 0.1) is 0 Å². The minimum absolute atomic E-state index is 0.732. The van der Waals surface area contributed by atoms with E-state index in [1.807, 2.05) is 24.7 Å². The van der Waals surface area contributed by atoms with Gasteiger partial charge in [-0.05, 0) is 60.5 Å². The first-order valence-electron chi connectivity index (χ1n) is 9.91. The highest BCUT2D eigenvalue weighted by atomic mass is 32.1. The van der Waals surface area contributed by atoms with Gasteiger partial charge in [0.2, 0.25) is 0 Å². The summed E-state index contributed by atoms with van der Waals surface area (Å²) in [5.41, 5.74) is 3.53. The van der Waals surface area contributed by atoms with Crippen molar-refractivity contribution in [2.75, 3.05) is 19.0 Å². The SMILES string of the molecule is CCc1ccc(NC(=S)N(CCCn2ccnc2)Cc2ccc(OC)cc2)cc1. The average Bonchev–Trinajstić information content (AvgIpc) is 3.27. The topological polar surface area (TPSA) is 42.3 Å². The maximum Gasteiger partial charge on any atom is 0.173 e. The molecule has 152 valence electrons. The molecule has 6 heteroatoms. The fourth-order valence-electron chi connectivity index (χ4n) is 3.09. The monoisotopic (exact) mass is 408 g/mol. The van der Waals surface area contributed by atoms with Crippen LogP contribution in [-0.4, -0.2) is 33.2 Å². The third kappa shape index (κ3) is 6.32. The molecule has 0 aliphatic heterocycles. The van der Waals surface area contributed by atoms with Crippen molar-refractivity contribution < 1.29 is 4.74 Å². The Morgan fingerprint density at radius 1 is 1.10 bits per heavy atom. The minimum Gasteiger partial charge on any atom is -0.497 e. The first-order chi connectivity index (χ1) is 14.2. The van der Waals surface area contributed by atoms with Gasteiger partial charge in [0.25, 0.3) is 0 Å². The molecule has 2 aromatic carbocycles. The number of thiocarbonyl (C=S) groups is 1. The molecular formula is C23H28N4OS. The highest BCUT2D eigenvalue weighted by molar-refractivity contribution is 7.80. The highest BCUT2D eigenvalue weighted by Crippen LogP contribution is 2.16. The number of methoxy groups -OCH3 is 1. The van der Waals surface area contributed by atoms with Crippen molar-refractivity contribution in [2.24, 2.45) is 0 Å². The van der Waals surface area contributed by atoms with Crippen LogP contribution in [0.3, 0.4) is 0 Å². The molecule has 0 spiro atoms. The molecule has 0 unspecified atom stereocenters. The lowest BCUT2D eigenvalue weighted by Crippen LogP contribution is -2.35. The van der Waals surface area contributed by atoms with Gasteiger partial charge >= 0.3 is 0 Å². The third-order valence-electron chi connectivity index (χ3n) is 4.84. The molecule has 0 amide bonds. The lowest BCUT2D eigenvalue weighted by atomic mass is 10.1. The van der Waals surface area contributed by atoms with Crippen LogP contribution in [0.15, 0.2) is 67.3 Å². The molecule has 0 saturated heterocycles. The Hall–Kier alpha value is -2.86. The molecule has 29 heavy (non-hydrogen) atoms. The van der Waals surface area contributed by atoms with Crippen LogP contribution in [0.2, 0.25) is 0 Å². The van der Waals surface area contributed by atoms with E-state index in [4.69, 9.17) is 17.0 Å². The first-order valence-corrected chi connectivity index (χ1v) is 10.3. The van der Waals surface area contributed by atoms with Crippen LogP contribution < -0.4 is 10.1 Å². The number of benzene rings is 2. The summed E-state index contributed by atoms with van der Waals surface area (Å²) >= 11 is 5.75. The summed E-state index contributed by atoms with van der Waals surface area (Å²) in [7, 11) is 1.68. The Morgan fingerprint density at radius 3 is 2.45 bits per heavy atom. The van der Waals surface area contributed by atoms with Crippen LogP contribution in [-0.2, 0) is 19.5 Å². The van der Waals surface area contributed by atoms with Crippen LogP contribution in [0.25, 0.3) is 0 Å². The van der Waals surface area contributed by atoms with Crippen molar-refractivity contribution in [1.82, 2.24) is 14.5 Å². The van der Waals surface area contributed by atoms with Crippen LogP contribution in [0.5, 0.6) is 5.75 Å². The molecule has 0 atom stereocenters. The van der Waals surface area contributed by atoms with E-state index < -0.39 is 0 Å². The fourth-order valence-corrected chi connectivity index (χ4v) is 3.37. The second-order valence-electron chi connectivity index (χ2n) is 6.90. The summed E-state index contributed by atoms with van der Waals surface area (Å²) in [6, 6.07) is 16.6. The Balaban J connectivity index is 1.66. The van der Waals surface area contributed by atoms with Gasteiger partial charge in [0.15, 0.2) is 5.11 Å². The first kappa shape index (κ1) is 20.9. The lowest BCUT2D eigenvalue weighted by Gasteiger charge is -2.26. The molecule has 0 saturated carbocycles. The number of hydrogen-bond acceptors (Lipinski definition) is 3. The van der Waals surface area contributed by atoms with Crippen molar-refractivity contribution in [2.45, 2.75) is 32.9 Å². The largest absolute Gasteiger partial charge is 0.497 e. The van der Waals surface area contributed by atoms with Gasteiger partial charge in [-0.1, -0.05) is 31.2 Å². The van der Waals surface area contributed by atoms with Crippen molar-refractivity contribution >= 4 is 23.0 Å². The quantitative estimate of drug-likeness (QED) is 0.518. The number of nitrogens with one attached hydrogen (secondary N) is 1. The summed E-state index contributed by atoms with van der Waals surface area (Å²) in [5.74, 6) is 0.858. The number of anilines is 1. The molecule has 3 aromatic rings. The van der Waals surface area contributed by atoms with E-state index >= 15 is 0 Å². The van der Waals surface area contributed by atoms with Gasteiger partial charge in [-0.25, -0.2) is 4.98 Å². The van der Waals surface area contributed by atoms with Crippen molar-refractivity contribution in [3.8, 4) is 5.75 Å². The molecule has 3 rings (SSSR count). The van der Waals surface area contributed by atoms with Gasteiger partial charge < -0.3 is 19.5 Å². The molecule has 1 N–H and O–H groups in total. The van der Waals surface area contributed by atoms with Gasteiger partial charge in [0.05, 0.1) is 13.4 Å². The summed E-state index contributed by atoms with van der Waals surface area (Å²) < 4.78 is 7.35. The second-order valence-corrected chi connectivity index (χ2v) is 7.29. The van der Waals surface area contributed by atoms with Gasteiger partial charge in [-0.15, -0.1) is 0 Å². The number of ether oxygens (including phenoxy) is 1. The summed E-state index contributed by atoms with van der Waals surface area (Å²) in [5, 5.41) is 4.13. The average molecular weight is 409 g/mol. The number of imidazole rings is 1. The molecule has 0 fully saturated rings. The zero-order valence-electron chi connectivity index (χ0n) is 17.0. The highest BCUT2D eigenvalue weighted by Gasteiger charge is 2.11. The van der Waals surface area contributed by atoms with Crippen molar-refractivity contribution in [3.05, 3.63) is 78.4 Å². The maximum absolute atomic E-state index is 5.75. The molecule has 0 aliphatic carbocycles. The van der Waals surface area contributed by atoms with Crippen LogP contribution in [0.1, 0.15) is 24.5 Å². The minimum atomic E-state index is 0.732. The molecule has 0 aliphatic rings. The fraction of sp³-hybridized carbons (Fsp3) is 0.304. The molecular weight excluding hydrogens is 380 g/mol. The number of aromatic nitrogens is 2. The maximum atomic E-state index is 5.75. The molecule has 0 radical (unpaired) electrons. The van der Waals surface area contributed by atoms with E-state index in [2.05, 4.69) is 63.1 Å². The van der Waals surface area contributed by atoms with E-state index in [0.29, 0.717) is 0 Å². The zero-order valence-corrected chi connectivity index (χ0v) is 17.9. The number of hydrogen-bond donors (Lipinski definition) is 1. The Bertz CT molecular complexity index is 876. The van der Waals surface area contributed by atoms with Gasteiger partial charge in [-0.2, -0.15) is 0 Å². The van der Waals surface area contributed by atoms with E-state index in [1.54, 1.807) is 13.3 Å². The molecule has 5 nitrogen and oxygen atoms in total. The lowest BCUT2D eigenvalue weighted by molar-refractivity contribution is 0.394. The zero-order chi connectivity index (χ0) is 20.5. The smallest absolute Gasteiger partial charge is 0.173 e. The van der Waals surface area contributed by atoms with Gasteiger partial charge in [-0.3, -0.25) is 0 Å². The third-order valence-corrected chi connectivity index (χ3v) is 5.20. The predicted molar refractivity (Wildman–Crippen MR) is 122 cm³/mol. The molecule has 1 heterocycles. The van der Waals surface area contributed by atoms with Crippen molar-refractivity contribution in [1.29, 1.82) is 0 Å². The van der Waals surface area contributed by atoms with E-state index in [1.165, 1.54) is 11.1 Å². The standard InChI is InChI=1S/C23H28N4OS/c1-3-19-5-9-21(10-6-19)25-23(29)27(15-4-14-26-16-13-24-18-26)17-20-7-11-22(28-2)12-8-20/h5-13,16,18H,3-4,14-15,17H2,1-2H3,(H,25,29). The normalized spacial score (nSPS) is 10.6. The number of rotatable bonds is 9. The van der Waals surface area contributed by atoms with Crippen LogP contribution >= 0.6 is 12.2 Å². The molecule has 0 bridgehead atoms. The Labute approximate surface area is 178 Å². The summed E-state index contributed by atoms with van der Waals surface area (Å²) in [6.07, 6.45) is 7.65. The number of nitrogens with zero attached hydrogens (tertiary/aromatic N) is 3. The Morgan fingerprint density at radius 2 is 1.83 bits per heavy atom. The predicted octanol–water partition coefficient (Wildman–Crippen LogP) is 4.74. The van der Waals surface area contributed by atoms with Crippen molar-refractivity contribution in [3.63, 3.8) is 0 Å². The molecule has 1 aromatic heterocycles. The van der Waals surface area contributed by atoms with E-state index in [0.717, 1.165) is 49.0 Å². The van der Waals surface area contributed by atoms with Gasteiger partial charge in [0, 0.05) is 37.7 Å². The van der Waals surface area contributed by atoms with E-state index in [-0.39, 0.29) is 0 Å². The van der Waals surface area contributed by atoms with Gasteiger partial charge in [0.1, 0.15) is 5.75 Å². The Kier molecular flexibility index (Phi) is 7.64. The second kappa shape index (κ2) is 10.6. The summed E-state index contributed by atoms with van der Waals surface area (Å²) in [6.45, 7) is 4.66. The van der Waals surface area contributed by atoms with E-state index in [9.17, 15) is 0 Å². The number of aryl methyl sites for hydroxylation is 2. The van der Waals surface area contributed by atoms with Crippen LogP contribution in [0.4, 0.5) is 5.69 Å². The summed E-state index contributed by atoms with van der Waals surface area (Å²) in [4.78, 5) is 6.32.